The largest absolute Gasteiger partial charge is 0.387 e. The Hall–Kier alpha value is -1.19. The zero-order valence-corrected chi connectivity index (χ0v) is 11.3. The van der Waals surface area contributed by atoms with E-state index in [1.807, 2.05) is 19.1 Å². The standard InChI is InChI=1S/C15H17NOS/c1-10-4-3-7-16-12(10)9-13(17)15-8-11-5-2-6-14(11)18-15/h3-4,7-8,13,17H,2,5-6,9H2,1H3. The average Bonchev–Trinajstić information content (AvgIpc) is 2.92. The third kappa shape index (κ3) is 2.20. The van der Waals surface area contributed by atoms with Gasteiger partial charge in [0.05, 0.1) is 6.10 Å². The lowest BCUT2D eigenvalue weighted by Crippen LogP contribution is -2.03. The average molecular weight is 259 g/mol. The van der Waals surface area contributed by atoms with E-state index in [4.69, 9.17) is 0 Å². The predicted molar refractivity (Wildman–Crippen MR) is 74.0 cm³/mol. The van der Waals surface area contributed by atoms with Gasteiger partial charge in [-0.3, -0.25) is 4.98 Å². The van der Waals surface area contributed by atoms with Gasteiger partial charge in [-0.25, -0.2) is 0 Å². The first kappa shape index (κ1) is 11.9. The van der Waals surface area contributed by atoms with Crippen molar-refractivity contribution in [2.24, 2.45) is 0 Å². The Balaban J connectivity index is 1.78. The fourth-order valence-corrected chi connectivity index (χ4v) is 3.78. The number of hydrogen-bond acceptors (Lipinski definition) is 3. The SMILES string of the molecule is Cc1cccnc1CC(O)c1cc2c(s1)CCC2. The normalized spacial score (nSPS) is 15.7. The molecular weight excluding hydrogens is 242 g/mol. The summed E-state index contributed by atoms with van der Waals surface area (Å²) in [6.07, 6.45) is 5.65. The Morgan fingerprint density at radius 2 is 2.33 bits per heavy atom. The van der Waals surface area contributed by atoms with Crippen molar-refractivity contribution >= 4 is 11.3 Å². The first-order valence-electron chi connectivity index (χ1n) is 6.44. The second-order valence-electron chi connectivity index (χ2n) is 4.94. The van der Waals surface area contributed by atoms with Crippen LogP contribution < -0.4 is 0 Å². The van der Waals surface area contributed by atoms with Crippen LogP contribution in [0.25, 0.3) is 0 Å². The number of thiophene rings is 1. The van der Waals surface area contributed by atoms with E-state index in [1.165, 1.54) is 29.7 Å². The van der Waals surface area contributed by atoms with Gasteiger partial charge >= 0.3 is 0 Å². The molecule has 2 aromatic heterocycles. The number of aromatic nitrogens is 1. The molecule has 0 aliphatic heterocycles. The van der Waals surface area contributed by atoms with Crippen LogP contribution in [0.5, 0.6) is 0 Å². The van der Waals surface area contributed by atoms with E-state index in [2.05, 4.69) is 11.1 Å². The second kappa shape index (κ2) is 4.82. The number of aliphatic hydroxyl groups is 1. The smallest absolute Gasteiger partial charge is 0.0937 e. The summed E-state index contributed by atoms with van der Waals surface area (Å²) in [5.41, 5.74) is 3.60. The van der Waals surface area contributed by atoms with E-state index in [0.29, 0.717) is 6.42 Å². The molecule has 0 saturated carbocycles. The first-order chi connectivity index (χ1) is 8.74. The molecule has 0 saturated heterocycles. The van der Waals surface area contributed by atoms with Gasteiger partial charge in [-0.05, 0) is 49.4 Å². The van der Waals surface area contributed by atoms with E-state index < -0.39 is 6.10 Å². The molecular formula is C15H17NOS. The molecule has 0 amide bonds. The molecule has 0 fully saturated rings. The van der Waals surface area contributed by atoms with E-state index in [0.717, 1.165) is 16.1 Å². The van der Waals surface area contributed by atoms with Crippen LogP contribution in [0, 0.1) is 6.92 Å². The van der Waals surface area contributed by atoms with E-state index in [1.54, 1.807) is 17.5 Å². The van der Waals surface area contributed by atoms with Gasteiger partial charge in [0.1, 0.15) is 0 Å². The molecule has 1 atom stereocenters. The van der Waals surface area contributed by atoms with Crippen LogP contribution in [0.15, 0.2) is 24.4 Å². The summed E-state index contributed by atoms with van der Waals surface area (Å²) in [5, 5.41) is 10.3. The molecule has 2 nitrogen and oxygen atoms in total. The zero-order valence-electron chi connectivity index (χ0n) is 10.5. The van der Waals surface area contributed by atoms with E-state index in [-0.39, 0.29) is 0 Å². The number of rotatable bonds is 3. The van der Waals surface area contributed by atoms with Gasteiger partial charge in [0.15, 0.2) is 0 Å². The molecule has 0 spiro atoms. The molecule has 1 aliphatic rings. The molecule has 0 bridgehead atoms. The number of fused-ring (bicyclic) bond motifs is 1. The summed E-state index contributed by atoms with van der Waals surface area (Å²) in [5.74, 6) is 0. The fourth-order valence-electron chi connectivity index (χ4n) is 2.53. The third-order valence-electron chi connectivity index (χ3n) is 3.60. The van der Waals surface area contributed by atoms with Crippen LogP contribution in [0.4, 0.5) is 0 Å². The van der Waals surface area contributed by atoms with Crippen molar-refractivity contribution < 1.29 is 5.11 Å². The van der Waals surface area contributed by atoms with Crippen LogP contribution in [-0.4, -0.2) is 10.1 Å². The van der Waals surface area contributed by atoms with Gasteiger partial charge in [-0.1, -0.05) is 6.07 Å². The summed E-state index contributed by atoms with van der Waals surface area (Å²) in [7, 11) is 0. The Bertz CT molecular complexity index is 540. The van der Waals surface area contributed by atoms with Crippen molar-refractivity contribution in [3.8, 4) is 0 Å². The fraction of sp³-hybridized carbons (Fsp3) is 0.400. The molecule has 1 aliphatic carbocycles. The molecule has 1 N–H and O–H groups in total. The number of aliphatic hydroxyl groups excluding tert-OH is 1. The van der Waals surface area contributed by atoms with Crippen LogP contribution in [-0.2, 0) is 19.3 Å². The topological polar surface area (TPSA) is 33.1 Å². The van der Waals surface area contributed by atoms with Crippen molar-refractivity contribution in [2.75, 3.05) is 0 Å². The number of aryl methyl sites for hydroxylation is 3. The summed E-state index contributed by atoms with van der Waals surface area (Å²) in [6, 6.07) is 6.17. The van der Waals surface area contributed by atoms with Crippen molar-refractivity contribution in [1.29, 1.82) is 0 Å². The lowest BCUT2D eigenvalue weighted by molar-refractivity contribution is 0.180. The minimum absolute atomic E-state index is 0.408. The molecule has 2 heterocycles. The Labute approximate surface area is 111 Å². The van der Waals surface area contributed by atoms with Gasteiger partial charge in [-0.15, -0.1) is 11.3 Å². The highest BCUT2D eigenvalue weighted by Gasteiger charge is 2.19. The molecule has 1 unspecified atom stereocenters. The van der Waals surface area contributed by atoms with Gasteiger partial charge in [-0.2, -0.15) is 0 Å². The Morgan fingerprint density at radius 3 is 3.11 bits per heavy atom. The van der Waals surface area contributed by atoms with E-state index >= 15 is 0 Å². The van der Waals surface area contributed by atoms with E-state index in [9.17, 15) is 5.11 Å². The molecule has 2 aromatic rings. The molecule has 0 radical (unpaired) electrons. The molecule has 3 heteroatoms. The summed E-state index contributed by atoms with van der Waals surface area (Å²) in [6.45, 7) is 2.05. The number of pyridine rings is 1. The van der Waals surface area contributed by atoms with Gasteiger partial charge in [0, 0.05) is 28.1 Å². The molecule has 18 heavy (non-hydrogen) atoms. The molecule has 3 rings (SSSR count). The van der Waals surface area contributed by atoms with Gasteiger partial charge < -0.3 is 5.11 Å². The van der Waals surface area contributed by atoms with Crippen LogP contribution in [0.2, 0.25) is 0 Å². The summed E-state index contributed by atoms with van der Waals surface area (Å²) >= 11 is 1.78. The zero-order chi connectivity index (χ0) is 12.5. The highest BCUT2D eigenvalue weighted by Crippen LogP contribution is 2.34. The second-order valence-corrected chi connectivity index (χ2v) is 6.11. The molecule has 94 valence electrons. The van der Waals surface area contributed by atoms with Crippen LogP contribution in [0.3, 0.4) is 0 Å². The third-order valence-corrected chi connectivity index (χ3v) is 4.94. The maximum absolute atomic E-state index is 10.3. The Morgan fingerprint density at radius 1 is 1.44 bits per heavy atom. The maximum atomic E-state index is 10.3. The van der Waals surface area contributed by atoms with Crippen LogP contribution in [0.1, 0.15) is 39.1 Å². The quantitative estimate of drug-likeness (QED) is 0.918. The van der Waals surface area contributed by atoms with Crippen molar-refractivity contribution in [3.63, 3.8) is 0 Å². The van der Waals surface area contributed by atoms with Crippen molar-refractivity contribution in [1.82, 2.24) is 4.98 Å². The Kier molecular flexibility index (Phi) is 3.18. The minimum Gasteiger partial charge on any atom is -0.387 e. The van der Waals surface area contributed by atoms with Gasteiger partial charge in [0.2, 0.25) is 0 Å². The first-order valence-corrected chi connectivity index (χ1v) is 7.26. The minimum atomic E-state index is -0.408. The monoisotopic (exact) mass is 259 g/mol. The number of nitrogens with zero attached hydrogens (tertiary/aromatic N) is 1. The van der Waals surface area contributed by atoms with Crippen molar-refractivity contribution in [3.05, 3.63) is 51.0 Å². The summed E-state index contributed by atoms with van der Waals surface area (Å²) in [4.78, 5) is 6.93. The van der Waals surface area contributed by atoms with Crippen molar-refractivity contribution in [2.45, 2.75) is 38.7 Å². The summed E-state index contributed by atoms with van der Waals surface area (Å²) < 4.78 is 0. The highest BCUT2D eigenvalue weighted by molar-refractivity contribution is 7.12. The maximum Gasteiger partial charge on any atom is 0.0937 e. The lowest BCUT2D eigenvalue weighted by Gasteiger charge is -2.10. The van der Waals surface area contributed by atoms with Crippen LogP contribution >= 0.6 is 11.3 Å². The predicted octanol–water partition coefficient (Wildman–Crippen LogP) is 3.22. The highest BCUT2D eigenvalue weighted by atomic mass is 32.1. The van der Waals surface area contributed by atoms with Gasteiger partial charge in [0.25, 0.3) is 0 Å². The number of hydrogen-bond donors (Lipinski definition) is 1. The lowest BCUT2D eigenvalue weighted by atomic mass is 10.1. The molecule has 0 aromatic carbocycles.